The van der Waals surface area contributed by atoms with Gasteiger partial charge in [0.15, 0.2) is 10.8 Å². The number of halogens is 4. The summed E-state index contributed by atoms with van der Waals surface area (Å²) in [5.74, 6) is -0.905. The molecule has 0 spiro atoms. The number of nitrogens with zero attached hydrogens (tertiary/aromatic N) is 6. The largest absolute Gasteiger partial charge is 0.416 e. The lowest BCUT2D eigenvalue weighted by Gasteiger charge is -2.46. The maximum Gasteiger partial charge on any atom is 0.416 e. The van der Waals surface area contributed by atoms with Crippen LogP contribution in [0.4, 0.5) is 17.6 Å². The SMILES string of the molecule is CCN(C1CCC2=Cc3c(cnn3-c3ccc(F)cc3)CC2(C(=O)c2cc(C(F)(F)F)ccn2)C1)S(=O)c1ccn(C)n1. The summed E-state index contributed by atoms with van der Waals surface area (Å²) >= 11 is 0. The van der Waals surface area contributed by atoms with E-state index >= 15 is 0 Å². The lowest BCUT2D eigenvalue weighted by Crippen LogP contribution is -2.49. The molecule has 2 aliphatic rings. The highest BCUT2D eigenvalue weighted by molar-refractivity contribution is 7.82. The topological polar surface area (TPSA) is 85.9 Å². The average Bonchev–Trinajstić information content (AvgIpc) is 3.61. The van der Waals surface area contributed by atoms with E-state index in [1.54, 1.807) is 51.3 Å². The summed E-state index contributed by atoms with van der Waals surface area (Å²) < 4.78 is 73.1. The van der Waals surface area contributed by atoms with Crippen molar-refractivity contribution in [2.24, 2.45) is 12.5 Å². The molecule has 3 unspecified atom stereocenters. The third kappa shape index (κ3) is 5.24. The van der Waals surface area contributed by atoms with Gasteiger partial charge in [0, 0.05) is 32.0 Å². The normalized spacial score (nSPS) is 20.8. The third-order valence-corrected chi connectivity index (χ3v) is 9.82. The van der Waals surface area contributed by atoms with Gasteiger partial charge in [-0.05, 0) is 79.8 Å². The van der Waals surface area contributed by atoms with Crippen LogP contribution >= 0.6 is 0 Å². The Labute approximate surface area is 247 Å². The van der Waals surface area contributed by atoms with E-state index in [0.29, 0.717) is 30.1 Å². The molecule has 3 heterocycles. The van der Waals surface area contributed by atoms with E-state index in [1.807, 2.05) is 13.0 Å². The van der Waals surface area contributed by atoms with Gasteiger partial charge in [-0.2, -0.15) is 23.4 Å². The van der Waals surface area contributed by atoms with Crippen LogP contribution in [0.15, 0.2) is 71.7 Å². The Morgan fingerprint density at radius 1 is 1.19 bits per heavy atom. The molecule has 224 valence electrons. The summed E-state index contributed by atoms with van der Waals surface area (Å²) in [6, 6.07) is 8.87. The van der Waals surface area contributed by atoms with Gasteiger partial charge in [-0.3, -0.25) is 14.5 Å². The summed E-state index contributed by atoms with van der Waals surface area (Å²) in [6.45, 7) is 2.29. The van der Waals surface area contributed by atoms with Gasteiger partial charge in [-0.15, -0.1) is 0 Å². The van der Waals surface area contributed by atoms with Gasteiger partial charge in [0.05, 0.1) is 28.6 Å². The highest BCUT2D eigenvalue weighted by atomic mass is 32.2. The Morgan fingerprint density at radius 2 is 1.95 bits per heavy atom. The minimum absolute atomic E-state index is 0.177. The number of hydrogen-bond donors (Lipinski definition) is 0. The number of rotatable bonds is 7. The zero-order valence-corrected chi connectivity index (χ0v) is 24.2. The number of carbonyl (C=O) groups is 1. The Kier molecular flexibility index (Phi) is 7.41. The Morgan fingerprint density at radius 3 is 2.63 bits per heavy atom. The van der Waals surface area contributed by atoms with E-state index in [1.165, 1.54) is 12.1 Å². The lowest BCUT2D eigenvalue weighted by atomic mass is 9.60. The van der Waals surface area contributed by atoms with Gasteiger partial charge in [-0.25, -0.2) is 17.6 Å². The first-order valence-corrected chi connectivity index (χ1v) is 14.9. The van der Waals surface area contributed by atoms with Gasteiger partial charge < -0.3 is 0 Å². The molecule has 4 aromatic rings. The molecule has 13 heteroatoms. The molecule has 6 rings (SSSR count). The number of aryl methyl sites for hydroxylation is 1. The molecule has 0 aliphatic heterocycles. The second kappa shape index (κ2) is 10.9. The monoisotopic (exact) mass is 612 g/mol. The number of alkyl halides is 3. The molecule has 8 nitrogen and oxygen atoms in total. The summed E-state index contributed by atoms with van der Waals surface area (Å²) in [6.07, 6.45) is 3.00. The first kappa shape index (κ1) is 29.1. The molecule has 0 saturated heterocycles. The maximum atomic E-state index is 14.4. The standard InChI is InChI=1S/C30H28F4N6O2S/c1-3-39(43(42)27-11-13-38(2)37-27)24-7-4-20-15-26-19(18-36-40(26)23-8-5-22(31)6-9-23)16-29(20,17-24)28(41)25-14-21(10-12-35-25)30(32,33)34/h5-6,8-15,18,24H,3-4,7,16-17H2,1-2H3. The molecule has 43 heavy (non-hydrogen) atoms. The van der Waals surface area contributed by atoms with Crippen LogP contribution in [0.1, 0.15) is 53.5 Å². The van der Waals surface area contributed by atoms with Crippen molar-refractivity contribution in [3.63, 3.8) is 0 Å². The lowest BCUT2D eigenvalue weighted by molar-refractivity contribution is -0.137. The highest BCUT2D eigenvalue weighted by Crippen LogP contribution is 2.51. The number of aromatic nitrogens is 5. The number of carbonyl (C=O) groups excluding carboxylic acids is 1. The quantitative estimate of drug-likeness (QED) is 0.201. The number of ketones is 1. The van der Waals surface area contributed by atoms with Crippen molar-refractivity contribution in [1.29, 1.82) is 0 Å². The van der Waals surface area contributed by atoms with Crippen LogP contribution < -0.4 is 0 Å². The first-order valence-electron chi connectivity index (χ1n) is 13.8. The maximum absolute atomic E-state index is 14.4. The van der Waals surface area contributed by atoms with Crippen molar-refractivity contribution >= 4 is 22.8 Å². The van der Waals surface area contributed by atoms with E-state index in [-0.39, 0.29) is 30.4 Å². The smallest absolute Gasteiger partial charge is 0.291 e. The van der Waals surface area contributed by atoms with Crippen molar-refractivity contribution in [3.05, 3.63) is 95.0 Å². The van der Waals surface area contributed by atoms with Gasteiger partial charge in [0.2, 0.25) is 0 Å². The Hall–Kier alpha value is -3.97. The third-order valence-electron chi connectivity index (χ3n) is 8.26. The molecule has 1 saturated carbocycles. The number of pyridine rings is 1. The number of fused-ring (bicyclic) bond motifs is 2. The number of hydrogen-bond acceptors (Lipinski definition) is 5. The zero-order valence-electron chi connectivity index (χ0n) is 23.4. The predicted octanol–water partition coefficient (Wildman–Crippen LogP) is 5.56. The van der Waals surface area contributed by atoms with Crippen molar-refractivity contribution in [2.75, 3.05) is 6.54 Å². The fraction of sp³-hybridized carbons (Fsp3) is 0.333. The van der Waals surface area contributed by atoms with Gasteiger partial charge >= 0.3 is 6.18 Å². The van der Waals surface area contributed by atoms with E-state index in [9.17, 15) is 26.6 Å². The van der Waals surface area contributed by atoms with E-state index in [4.69, 9.17) is 0 Å². The van der Waals surface area contributed by atoms with Crippen LogP contribution in [0.5, 0.6) is 0 Å². The van der Waals surface area contributed by atoms with Gasteiger partial charge in [-0.1, -0.05) is 12.5 Å². The molecule has 0 N–H and O–H groups in total. The van der Waals surface area contributed by atoms with Crippen LogP contribution in [-0.2, 0) is 30.6 Å². The summed E-state index contributed by atoms with van der Waals surface area (Å²) in [5, 5.41) is 9.20. The molecule has 0 amide bonds. The van der Waals surface area contributed by atoms with Crippen molar-refractivity contribution in [3.8, 4) is 5.69 Å². The Balaban J connectivity index is 1.43. The Bertz CT molecular complexity index is 1750. The van der Waals surface area contributed by atoms with Gasteiger partial charge in [0.25, 0.3) is 0 Å². The van der Waals surface area contributed by atoms with Crippen LogP contribution in [0.25, 0.3) is 11.8 Å². The zero-order chi connectivity index (χ0) is 30.5. The van der Waals surface area contributed by atoms with Crippen molar-refractivity contribution in [2.45, 2.75) is 49.9 Å². The van der Waals surface area contributed by atoms with Crippen LogP contribution in [0, 0.1) is 11.2 Å². The van der Waals surface area contributed by atoms with Crippen LogP contribution in [0.3, 0.4) is 0 Å². The second-order valence-electron chi connectivity index (χ2n) is 10.8. The first-order chi connectivity index (χ1) is 20.5. The number of allylic oxidation sites excluding steroid dienone is 1. The molecule has 3 atom stereocenters. The minimum atomic E-state index is -4.64. The van der Waals surface area contributed by atoms with Crippen LogP contribution in [0.2, 0.25) is 0 Å². The fourth-order valence-electron chi connectivity index (χ4n) is 6.21. The van der Waals surface area contributed by atoms with Crippen molar-refractivity contribution < 1.29 is 26.6 Å². The van der Waals surface area contributed by atoms with Gasteiger partial charge in [0.1, 0.15) is 22.5 Å². The predicted molar refractivity (Wildman–Crippen MR) is 151 cm³/mol. The molecule has 0 bridgehead atoms. The van der Waals surface area contributed by atoms with E-state index in [0.717, 1.165) is 35.2 Å². The van der Waals surface area contributed by atoms with E-state index in [2.05, 4.69) is 15.2 Å². The molecular formula is C30H28F4N6O2S. The molecule has 3 aromatic heterocycles. The number of Topliss-reactive ketones (excluding diaryl/α,β-unsaturated/α-hetero) is 1. The van der Waals surface area contributed by atoms with Crippen LogP contribution in [-0.4, -0.2) is 51.4 Å². The fourth-order valence-corrected chi connectivity index (χ4v) is 7.51. The molecular weight excluding hydrogens is 584 g/mol. The molecule has 2 aliphatic carbocycles. The highest BCUT2D eigenvalue weighted by Gasteiger charge is 2.51. The summed E-state index contributed by atoms with van der Waals surface area (Å²) in [7, 11) is 0.122. The van der Waals surface area contributed by atoms with E-state index < -0.39 is 33.9 Å². The average molecular weight is 613 g/mol. The molecule has 0 radical (unpaired) electrons. The minimum Gasteiger partial charge on any atom is -0.291 e. The second-order valence-corrected chi connectivity index (χ2v) is 12.2. The summed E-state index contributed by atoms with van der Waals surface area (Å²) in [5.41, 5.74) is 0.383. The summed E-state index contributed by atoms with van der Waals surface area (Å²) in [4.78, 5) is 18.5. The number of benzene rings is 1. The molecule has 1 aromatic carbocycles. The van der Waals surface area contributed by atoms with Crippen molar-refractivity contribution in [1.82, 2.24) is 28.9 Å². The molecule has 1 fully saturated rings.